The van der Waals surface area contributed by atoms with Crippen molar-refractivity contribution in [3.8, 4) is 0 Å². The highest BCUT2D eigenvalue weighted by molar-refractivity contribution is 5.87. The summed E-state index contributed by atoms with van der Waals surface area (Å²) in [5.74, 6) is 1.21. The number of hydrogen-bond acceptors (Lipinski definition) is 1. The molecule has 0 aromatic rings. The minimum atomic E-state index is 0.136. The van der Waals surface area contributed by atoms with Gasteiger partial charge >= 0.3 is 0 Å². The van der Waals surface area contributed by atoms with Crippen molar-refractivity contribution < 1.29 is 4.79 Å². The van der Waals surface area contributed by atoms with Crippen LogP contribution in [0.25, 0.3) is 0 Å². The van der Waals surface area contributed by atoms with Crippen LogP contribution < -0.4 is 0 Å². The molecule has 1 unspecified atom stereocenters. The fraction of sp³-hybridized carbons (Fsp3) is 0.643. The predicted octanol–water partition coefficient (Wildman–Crippen LogP) is 3.76. The van der Waals surface area contributed by atoms with Crippen LogP contribution in [0.4, 0.5) is 0 Å². The van der Waals surface area contributed by atoms with E-state index in [0.29, 0.717) is 11.8 Å². The highest BCUT2D eigenvalue weighted by Gasteiger charge is 2.36. The maximum atomic E-state index is 11.0. The second-order valence-corrected chi connectivity index (χ2v) is 5.35. The van der Waals surface area contributed by atoms with Crippen molar-refractivity contribution in [2.75, 3.05) is 0 Å². The third-order valence-corrected chi connectivity index (χ3v) is 3.88. The Morgan fingerprint density at radius 1 is 1.53 bits per heavy atom. The molecule has 1 nitrogen and oxygen atoms in total. The van der Waals surface area contributed by atoms with E-state index in [0.717, 1.165) is 6.42 Å². The van der Waals surface area contributed by atoms with Gasteiger partial charge in [-0.15, -0.1) is 0 Å². The summed E-state index contributed by atoms with van der Waals surface area (Å²) in [5, 5.41) is 0. The summed E-state index contributed by atoms with van der Waals surface area (Å²) in [4.78, 5) is 11.0. The number of rotatable bonds is 2. The molecule has 0 aliphatic heterocycles. The van der Waals surface area contributed by atoms with E-state index in [1.807, 2.05) is 0 Å². The van der Waals surface area contributed by atoms with Gasteiger partial charge in [-0.2, -0.15) is 0 Å². The van der Waals surface area contributed by atoms with Crippen LogP contribution in [-0.2, 0) is 4.79 Å². The molecule has 0 amide bonds. The van der Waals surface area contributed by atoms with Crippen molar-refractivity contribution in [2.45, 2.75) is 41.0 Å². The van der Waals surface area contributed by atoms with Crippen molar-refractivity contribution >= 4 is 5.78 Å². The van der Waals surface area contributed by atoms with Gasteiger partial charge < -0.3 is 0 Å². The fourth-order valence-corrected chi connectivity index (χ4v) is 2.32. The molecular formula is C14H22O. The Morgan fingerprint density at radius 3 is 2.67 bits per heavy atom. The van der Waals surface area contributed by atoms with Gasteiger partial charge in [-0.25, -0.2) is 0 Å². The second-order valence-electron chi connectivity index (χ2n) is 5.35. The van der Waals surface area contributed by atoms with Crippen molar-refractivity contribution in [3.63, 3.8) is 0 Å². The van der Waals surface area contributed by atoms with Gasteiger partial charge in [-0.05, 0) is 37.7 Å². The Morgan fingerprint density at radius 2 is 2.13 bits per heavy atom. The molecule has 1 aliphatic carbocycles. The first kappa shape index (κ1) is 12.2. The van der Waals surface area contributed by atoms with Crippen LogP contribution in [0.3, 0.4) is 0 Å². The molecule has 1 heteroatoms. The van der Waals surface area contributed by atoms with E-state index in [1.165, 1.54) is 5.57 Å². The third-order valence-electron chi connectivity index (χ3n) is 3.88. The number of ketones is 1. The van der Waals surface area contributed by atoms with Crippen LogP contribution in [-0.4, -0.2) is 5.78 Å². The molecule has 0 aromatic carbocycles. The second kappa shape index (κ2) is 4.34. The molecule has 1 rings (SSSR count). The lowest BCUT2D eigenvalue weighted by atomic mass is 9.63. The first-order valence-corrected chi connectivity index (χ1v) is 5.71. The lowest BCUT2D eigenvalue weighted by molar-refractivity contribution is -0.112. The van der Waals surface area contributed by atoms with Crippen LogP contribution in [0.5, 0.6) is 0 Å². The standard InChI is InChI=1S/C14H22O/c1-10-6-7-11(2)14(4,5)13(10)9-8-12(3)15/h6,8-9,11,13H,7H2,1-5H3/b9-8+/t11?,13-/m0/s1. The average Bonchev–Trinajstić information content (AvgIpc) is 2.11. The number of allylic oxidation sites excluding steroid dienone is 4. The largest absolute Gasteiger partial charge is 0.295 e. The van der Waals surface area contributed by atoms with Crippen LogP contribution >= 0.6 is 0 Å². The Hall–Kier alpha value is -0.850. The Balaban J connectivity index is 2.96. The minimum absolute atomic E-state index is 0.136. The molecule has 0 saturated heterocycles. The molecule has 0 aromatic heterocycles. The van der Waals surface area contributed by atoms with Crippen molar-refractivity contribution in [2.24, 2.45) is 17.3 Å². The zero-order chi connectivity index (χ0) is 11.6. The van der Waals surface area contributed by atoms with Gasteiger partial charge in [0.15, 0.2) is 5.78 Å². The molecule has 0 heterocycles. The van der Waals surface area contributed by atoms with E-state index < -0.39 is 0 Å². The van der Waals surface area contributed by atoms with Gasteiger partial charge in [0.2, 0.25) is 0 Å². The number of carbonyl (C=O) groups excluding carboxylic acids is 1. The molecule has 0 spiro atoms. The summed E-state index contributed by atoms with van der Waals surface area (Å²) >= 11 is 0. The number of hydrogen-bond donors (Lipinski definition) is 0. The summed E-state index contributed by atoms with van der Waals surface area (Å²) in [6.45, 7) is 10.7. The van der Waals surface area contributed by atoms with E-state index in [9.17, 15) is 4.79 Å². The minimum Gasteiger partial charge on any atom is -0.295 e. The normalized spacial score (nSPS) is 30.3. The van der Waals surface area contributed by atoms with E-state index >= 15 is 0 Å². The summed E-state index contributed by atoms with van der Waals surface area (Å²) in [7, 11) is 0. The maximum absolute atomic E-state index is 11.0. The Kier molecular flexibility index (Phi) is 3.54. The van der Waals surface area contributed by atoms with Gasteiger partial charge in [0, 0.05) is 5.92 Å². The zero-order valence-electron chi connectivity index (χ0n) is 10.5. The Labute approximate surface area is 93.3 Å². The molecular weight excluding hydrogens is 184 g/mol. The van der Waals surface area contributed by atoms with Gasteiger partial charge in [-0.3, -0.25) is 4.79 Å². The number of carbonyl (C=O) groups is 1. The maximum Gasteiger partial charge on any atom is 0.152 e. The molecule has 15 heavy (non-hydrogen) atoms. The lowest BCUT2D eigenvalue weighted by Gasteiger charge is -2.42. The topological polar surface area (TPSA) is 17.1 Å². The SMILES string of the molecule is CC(=O)/C=C/[C@H]1C(C)=CCC(C)C1(C)C. The molecule has 0 fully saturated rings. The quantitative estimate of drug-likeness (QED) is 0.496. The Bertz CT molecular complexity index is 307. The molecule has 0 bridgehead atoms. The molecule has 2 atom stereocenters. The first-order valence-electron chi connectivity index (χ1n) is 5.71. The van der Waals surface area contributed by atoms with Gasteiger partial charge in [0.25, 0.3) is 0 Å². The highest BCUT2D eigenvalue weighted by atomic mass is 16.1. The molecule has 0 saturated carbocycles. The van der Waals surface area contributed by atoms with Crippen LogP contribution in [0.1, 0.15) is 41.0 Å². The van der Waals surface area contributed by atoms with Crippen LogP contribution in [0.15, 0.2) is 23.8 Å². The predicted molar refractivity (Wildman–Crippen MR) is 64.6 cm³/mol. The monoisotopic (exact) mass is 206 g/mol. The molecule has 0 radical (unpaired) electrons. The van der Waals surface area contributed by atoms with E-state index in [1.54, 1.807) is 13.0 Å². The molecule has 0 N–H and O–H groups in total. The lowest BCUT2D eigenvalue weighted by Crippen LogP contribution is -2.33. The smallest absolute Gasteiger partial charge is 0.152 e. The molecule has 1 aliphatic rings. The van der Waals surface area contributed by atoms with Crippen LogP contribution in [0, 0.1) is 17.3 Å². The van der Waals surface area contributed by atoms with Gasteiger partial charge in [0.1, 0.15) is 0 Å². The zero-order valence-corrected chi connectivity index (χ0v) is 10.5. The van der Waals surface area contributed by atoms with E-state index in [2.05, 4.69) is 39.8 Å². The van der Waals surface area contributed by atoms with Crippen molar-refractivity contribution in [3.05, 3.63) is 23.8 Å². The fourth-order valence-electron chi connectivity index (χ4n) is 2.32. The summed E-state index contributed by atoms with van der Waals surface area (Å²) in [6, 6.07) is 0. The van der Waals surface area contributed by atoms with Crippen LogP contribution in [0.2, 0.25) is 0 Å². The highest BCUT2D eigenvalue weighted by Crippen LogP contribution is 2.45. The van der Waals surface area contributed by atoms with Crippen molar-refractivity contribution in [1.29, 1.82) is 0 Å². The third kappa shape index (κ3) is 2.58. The summed E-state index contributed by atoms with van der Waals surface area (Å²) < 4.78 is 0. The van der Waals surface area contributed by atoms with E-state index in [-0.39, 0.29) is 11.2 Å². The van der Waals surface area contributed by atoms with E-state index in [4.69, 9.17) is 0 Å². The van der Waals surface area contributed by atoms with Gasteiger partial charge in [0.05, 0.1) is 0 Å². The molecule has 84 valence electrons. The summed E-state index contributed by atoms with van der Waals surface area (Å²) in [6.07, 6.45) is 7.25. The first-order chi connectivity index (χ1) is 6.85. The average molecular weight is 206 g/mol. The van der Waals surface area contributed by atoms with Crippen molar-refractivity contribution in [1.82, 2.24) is 0 Å². The summed E-state index contributed by atoms with van der Waals surface area (Å²) in [5.41, 5.74) is 1.65. The van der Waals surface area contributed by atoms with Gasteiger partial charge in [-0.1, -0.05) is 38.5 Å².